The van der Waals surface area contributed by atoms with Crippen molar-refractivity contribution in [1.29, 1.82) is 0 Å². The van der Waals surface area contributed by atoms with Crippen LogP contribution in [0, 0.1) is 0 Å². The molecule has 0 N–H and O–H groups in total. The third-order valence-corrected chi connectivity index (χ3v) is 6.42. The first-order valence-electron chi connectivity index (χ1n) is 10.0. The SMILES string of the molecule is CC(c1cccc(C(=O)OC(C)(C)C)c1)c1ccc2c(c1)Cc1ccccc1S2. The second-order valence-corrected chi connectivity index (χ2v) is 9.69. The van der Waals surface area contributed by atoms with Gasteiger partial charge in [0.25, 0.3) is 0 Å². The number of rotatable bonds is 3. The minimum Gasteiger partial charge on any atom is -0.456 e. The van der Waals surface area contributed by atoms with E-state index in [1.165, 1.54) is 26.5 Å². The molecular formula is C26H26O2S. The molecule has 4 rings (SSSR count). The van der Waals surface area contributed by atoms with Gasteiger partial charge in [0, 0.05) is 15.7 Å². The lowest BCUT2D eigenvalue weighted by Crippen LogP contribution is -2.24. The maximum Gasteiger partial charge on any atom is 0.338 e. The fourth-order valence-corrected chi connectivity index (χ4v) is 4.70. The van der Waals surface area contributed by atoms with Gasteiger partial charge in [-0.25, -0.2) is 4.79 Å². The van der Waals surface area contributed by atoms with Crippen LogP contribution in [0.1, 0.15) is 66.2 Å². The van der Waals surface area contributed by atoms with E-state index in [9.17, 15) is 4.79 Å². The van der Waals surface area contributed by atoms with Gasteiger partial charge in [-0.15, -0.1) is 0 Å². The molecule has 0 fully saturated rings. The Bertz CT molecular complexity index is 1060. The molecule has 0 aliphatic carbocycles. The topological polar surface area (TPSA) is 26.3 Å². The van der Waals surface area contributed by atoms with Gasteiger partial charge in [-0.1, -0.05) is 61.2 Å². The van der Waals surface area contributed by atoms with Crippen molar-refractivity contribution in [1.82, 2.24) is 0 Å². The zero-order chi connectivity index (χ0) is 20.6. The number of hydrogen-bond donors (Lipinski definition) is 0. The first kappa shape index (κ1) is 19.8. The van der Waals surface area contributed by atoms with E-state index in [2.05, 4.69) is 55.5 Å². The first-order valence-corrected chi connectivity index (χ1v) is 10.8. The van der Waals surface area contributed by atoms with Crippen molar-refractivity contribution in [2.45, 2.75) is 55.4 Å². The van der Waals surface area contributed by atoms with Crippen molar-refractivity contribution >= 4 is 17.7 Å². The molecule has 3 aromatic rings. The number of fused-ring (bicyclic) bond motifs is 2. The summed E-state index contributed by atoms with van der Waals surface area (Å²) in [7, 11) is 0. The Kier molecular flexibility index (Phi) is 5.26. The van der Waals surface area contributed by atoms with Crippen LogP contribution >= 0.6 is 11.8 Å². The molecule has 1 aliphatic rings. The molecule has 3 aromatic carbocycles. The Balaban J connectivity index is 1.59. The predicted molar refractivity (Wildman–Crippen MR) is 119 cm³/mol. The summed E-state index contributed by atoms with van der Waals surface area (Å²) >= 11 is 1.85. The van der Waals surface area contributed by atoms with Crippen molar-refractivity contribution in [3.05, 3.63) is 94.5 Å². The van der Waals surface area contributed by atoms with Gasteiger partial charge in [0.15, 0.2) is 0 Å². The maximum absolute atomic E-state index is 12.5. The first-order chi connectivity index (χ1) is 13.8. The van der Waals surface area contributed by atoms with E-state index in [1.54, 1.807) is 0 Å². The van der Waals surface area contributed by atoms with E-state index in [1.807, 2.05) is 50.7 Å². The van der Waals surface area contributed by atoms with Crippen LogP contribution in [-0.2, 0) is 11.2 Å². The number of ether oxygens (including phenoxy) is 1. The summed E-state index contributed by atoms with van der Waals surface area (Å²) in [5.74, 6) is -0.0742. The fraction of sp³-hybridized carbons (Fsp3) is 0.269. The van der Waals surface area contributed by atoms with Crippen LogP contribution < -0.4 is 0 Å². The number of carbonyl (C=O) groups excluding carboxylic acids is 1. The summed E-state index contributed by atoms with van der Waals surface area (Å²) in [5.41, 5.74) is 5.27. The lowest BCUT2D eigenvalue weighted by molar-refractivity contribution is 0.00694. The second kappa shape index (κ2) is 7.72. The summed E-state index contributed by atoms with van der Waals surface area (Å²) in [6, 6.07) is 23.2. The molecule has 29 heavy (non-hydrogen) atoms. The van der Waals surface area contributed by atoms with E-state index in [4.69, 9.17) is 4.74 Å². The minimum absolute atomic E-state index is 0.199. The van der Waals surface area contributed by atoms with Gasteiger partial charge in [-0.05, 0) is 73.7 Å². The number of hydrogen-bond acceptors (Lipinski definition) is 3. The highest BCUT2D eigenvalue weighted by Gasteiger charge is 2.20. The summed E-state index contributed by atoms with van der Waals surface area (Å²) in [5, 5.41) is 0. The molecule has 2 nitrogen and oxygen atoms in total. The number of esters is 1. The van der Waals surface area contributed by atoms with Gasteiger partial charge in [-0.2, -0.15) is 0 Å². The van der Waals surface area contributed by atoms with E-state index < -0.39 is 5.60 Å². The van der Waals surface area contributed by atoms with Crippen LogP contribution in [0.15, 0.2) is 76.5 Å². The molecule has 148 valence electrons. The third kappa shape index (κ3) is 4.40. The highest BCUT2D eigenvalue weighted by molar-refractivity contribution is 7.99. The molecule has 3 heteroatoms. The zero-order valence-electron chi connectivity index (χ0n) is 17.4. The molecule has 1 atom stereocenters. The molecule has 0 saturated heterocycles. The molecule has 0 amide bonds. The molecule has 1 aliphatic heterocycles. The highest BCUT2D eigenvalue weighted by Crippen LogP contribution is 2.40. The normalized spacial score (nSPS) is 13.9. The van der Waals surface area contributed by atoms with Crippen LogP contribution in [0.2, 0.25) is 0 Å². The number of benzene rings is 3. The quantitative estimate of drug-likeness (QED) is 0.351. The Hall–Kier alpha value is -2.52. The van der Waals surface area contributed by atoms with Crippen molar-refractivity contribution < 1.29 is 9.53 Å². The molecule has 0 spiro atoms. The maximum atomic E-state index is 12.5. The van der Waals surface area contributed by atoms with Crippen LogP contribution in [0.4, 0.5) is 0 Å². The van der Waals surface area contributed by atoms with E-state index in [0.717, 1.165) is 12.0 Å². The van der Waals surface area contributed by atoms with Crippen LogP contribution in [0.25, 0.3) is 0 Å². The lowest BCUT2D eigenvalue weighted by atomic mass is 9.90. The van der Waals surface area contributed by atoms with E-state index in [0.29, 0.717) is 5.56 Å². The number of carbonyl (C=O) groups is 1. The summed E-state index contributed by atoms with van der Waals surface area (Å²) in [4.78, 5) is 15.1. The van der Waals surface area contributed by atoms with Gasteiger partial charge < -0.3 is 4.74 Å². The van der Waals surface area contributed by atoms with Crippen molar-refractivity contribution in [3.8, 4) is 0 Å². The standard InChI is InChI=1S/C26H26O2S/c1-17(18-9-7-10-21(14-18)25(27)28-26(2,3)4)19-12-13-24-22(15-19)16-20-8-5-6-11-23(20)29-24/h5-15,17H,16H2,1-4H3. The largest absolute Gasteiger partial charge is 0.456 e. The lowest BCUT2D eigenvalue weighted by Gasteiger charge is -2.22. The second-order valence-electron chi connectivity index (χ2n) is 8.60. The van der Waals surface area contributed by atoms with E-state index >= 15 is 0 Å². The average Bonchev–Trinajstić information content (AvgIpc) is 2.70. The van der Waals surface area contributed by atoms with Crippen LogP contribution in [0.5, 0.6) is 0 Å². The summed E-state index contributed by atoms with van der Waals surface area (Å²) < 4.78 is 5.53. The smallest absolute Gasteiger partial charge is 0.338 e. The molecule has 0 saturated carbocycles. The van der Waals surface area contributed by atoms with Gasteiger partial charge in [0.1, 0.15) is 5.60 Å². The highest BCUT2D eigenvalue weighted by atomic mass is 32.2. The molecule has 0 bridgehead atoms. The Morgan fingerprint density at radius 3 is 2.41 bits per heavy atom. The molecular weight excluding hydrogens is 376 g/mol. The predicted octanol–water partition coefficient (Wildman–Crippen LogP) is 6.85. The van der Waals surface area contributed by atoms with Gasteiger partial charge in [-0.3, -0.25) is 0 Å². The Labute approximate surface area is 177 Å². The Morgan fingerprint density at radius 1 is 0.897 bits per heavy atom. The molecule has 1 heterocycles. The monoisotopic (exact) mass is 402 g/mol. The van der Waals surface area contributed by atoms with Gasteiger partial charge in [0.2, 0.25) is 0 Å². The summed E-state index contributed by atoms with van der Waals surface area (Å²) in [6.45, 7) is 7.86. The minimum atomic E-state index is -0.495. The molecule has 1 unspecified atom stereocenters. The van der Waals surface area contributed by atoms with Crippen molar-refractivity contribution in [3.63, 3.8) is 0 Å². The summed E-state index contributed by atoms with van der Waals surface area (Å²) in [6.07, 6.45) is 0.969. The fourth-order valence-electron chi connectivity index (χ4n) is 3.64. The average molecular weight is 403 g/mol. The van der Waals surface area contributed by atoms with Crippen molar-refractivity contribution in [2.75, 3.05) is 0 Å². The molecule has 0 aromatic heterocycles. The van der Waals surface area contributed by atoms with Gasteiger partial charge in [0.05, 0.1) is 5.56 Å². The van der Waals surface area contributed by atoms with Gasteiger partial charge >= 0.3 is 5.97 Å². The van der Waals surface area contributed by atoms with E-state index in [-0.39, 0.29) is 11.9 Å². The Morgan fingerprint density at radius 2 is 1.62 bits per heavy atom. The van der Waals surface area contributed by atoms with Crippen LogP contribution in [0.3, 0.4) is 0 Å². The van der Waals surface area contributed by atoms with Crippen LogP contribution in [-0.4, -0.2) is 11.6 Å². The molecule has 0 radical (unpaired) electrons. The van der Waals surface area contributed by atoms with Crippen molar-refractivity contribution in [2.24, 2.45) is 0 Å². The zero-order valence-corrected chi connectivity index (χ0v) is 18.2. The third-order valence-electron chi connectivity index (χ3n) is 5.18.